The number of rotatable bonds is 13. The van der Waals surface area contributed by atoms with Gasteiger partial charge in [-0.05, 0) is 89.2 Å². The highest BCUT2D eigenvalue weighted by Gasteiger charge is 2.28. The Morgan fingerprint density at radius 1 is 0.974 bits per heavy atom. The Hall–Kier alpha value is -2.58. The first-order valence-corrected chi connectivity index (χ1v) is 15.2. The minimum atomic E-state index is -0.0887. The average Bonchev–Trinajstić information content (AvgIpc) is 3.63. The van der Waals surface area contributed by atoms with Crippen molar-refractivity contribution in [1.29, 1.82) is 0 Å². The molecule has 0 spiro atoms. The van der Waals surface area contributed by atoms with Gasteiger partial charge < -0.3 is 25.0 Å². The fourth-order valence-electron chi connectivity index (χ4n) is 6.37. The molecule has 5 rings (SSSR count). The van der Waals surface area contributed by atoms with Gasteiger partial charge in [-0.25, -0.2) is 0 Å². The highest BCUT2D eigenvalue weighted by Crippen LogP contribution is 2.41. The third kappa shape index (κ3) is 6.95. The Bertz CT molecular complexity index is 1050. The first-order valence-electron chi connectivity index (χ1n) is 15.2. The number of nitrogens with zero attached hydrogens (tertiary/aromatic N) is 3. The molecule has 214 valence electrons. The zero-order valence-electron chi connectivity index (χ0n) is 23.9. The summed E-state index contributed by atoms with van der Waals surface area (Å²) < 4.78 is 13.5. The Morgan fingerprint density at radius 3 is 2.33 bits per heavy atom. The highest BCUT2D eigenvalue weighted by molar-refractivity contribution is 5.94. The summed E-state index contributed by atoms with van der Waals surface area (Å²) >= 11 is 0. The Kier molecular flexibility index (Phi) is 9.80. The smallest absolute Gasteiger partial charge is 0.272 e. The standard InChI is InChI=1S/C31H47N5O3/c1-38-28-14-9-15-29(39-2)30(28)27-22-26(34-36(27)25-12-4-5-13-25)31(37)33-24(16-18-32-23-10-8-11-23)17-21-35-19-6-3-7-20-35/h9,14-15,22-25,32H,3-8,10-13,16-21H2,1-2H3,(H,33,37)/t24-/m1/s1. The number of ether oxygens (including phenoxy) is 2. The van der Waals surface area contributed by atoms with Crippen LogP contribution in [0.25, 0.3) is 11.3 Å². The van der Waals surface area contributed by atoms with Crippen molar-refractivity contribution in [3.8, 4) is 22.8 Å². The molecule has 39 heavy (non-hydrogen) atoms. The van der Waals surface area contributed by atoms with Crippen LogP contribution in [0.5, 0.6) is 11.5 Å². The van der Waals surface area contributed by atoms with E-state index >= 15 is 0 Å². The Balaban J connectivity index is 1.35. The molecule has 2 aliphatic carbocycles. The van der Waals surface area contributed by atoms with Crippen LogP contribution in [0, 0.1) is 0 Å². The number of hydrogen-bond donors (Lipinski definition) is 2. The molecular weight excluding hydrogens is 490 g/mol. The van der Waals surface area contributed by atoms with E-state index in [2.05, 4.69) is 20.2 Å². The number of aromatic nitrogens is 2. The lowest BCUT2D eigenvalue weighted by atomic mass is 9.93. The number of carbonyl (C=O) groups is 1. The first-order chi connectivity index (χ1) is 19.2. The van der Waals surface area contributed by atoms with Crippen LogP contribution in [0.15, 0.2) is 24.3 Å². The largest absolute Gasteiger partial charge is 0.496 e. The summed E-state index contributed by atoms with van der Waals surface area (Å²) in [6.45, 7) is 4.33. The van der Waals surface area contributed by atoms with Gasteiger partial charge >= 0.3 is 0 Å². The Morgan fingerprint density at radius 2 is 1.69 bits per heavy atom. The number of likely N-dealkylation sites (tertiary alicyclic amines) is 1. The Labute approximate surface area is 233 Å². The molecule has 8 nitrogen and oxygen atoms in total. The summed E-state index contributed by atoms with van der Waals surface area (Å²) in [4.78, 5) is 16.3. The SMILES string of the molecule is COc1cccc(OC)c1-c1cc(C(=O)N[C@H](CCNC2CCC2)CCN2CCCCC2)nn1C1CCCC1. The van der Waals surface area contributed by atoms with Crippen molar-refractivity contribution in [3.63, 3.8) is 0 Å². The van der Waals surface area contributed by atoms with Gasteiger partial charge in [0.2, 0.25) is 0 Å². The number of benzene rings is 1. The summed E-state index contributed by atoms with van der Waals surface area (Å²) in [6.07, 6.45) is 14.2. The van der Waals surface area contributed by atoms with Gasteiger partial charge in [0.05, 0.1) is 31.5 Å². The topological polar surface area (TPSA) is 80.7 Å². The second kappa shape index (κ2) is 13.7. The summed E-state index contributed by atoms with van der Waals surface area (Å²) in [5.74, 6) is 1.36. The number of hydrogen-bond acceptors (Lipinski definition) is 6. The molecule has 3 fully saturated rings. The molecule has 0 unspecified atom stereocenters. The van der Waals surface area contributed by atoms with Gasteiger partial charge in [-0.15, -0.1) is 0 Å². The van der Waals surface area contributed by atoms with E-state index in [-0.39, 0.29) is 18.0 Å². The van der Waals surface area contributed by atoms with Gasteiger partial charge in [0.1, 0.15) is 11.5 Å². The summed E-state index contributed by atoms with van der Waals surface area (Å²) in [7, 11) is 3.35. The van der Waals surface area contributed by atoms with Gasteiger partial charge in [0, 0.05) is 18.6 Å². The summed E-state index contributed by atoms with van der Waals surface area (Å²) in [5, 5.41) is 12.0. The second-order valence-electron chi connectivity index (χ2n) is 11.6. The minimum absolute atomic E-state index is 0.0887. The molecule has 0 radical (unpaired) electrons. The molecule has 8 heteroatoms. The predicted octanol–water partition coefficient (Wildman–Crippen LogP) is 5.19. The lowest BCUT2D eigenvalue weighted by molar-refractivity contribution is 0.0921. The molecule has 2 saturated carbocycles. The molecule has 1 atom stereocenters. The molecule has 1 amide bonds. The van der Waals surface area contributed by atoms with Crippen LogP contribution < -0.4 is 20.1 Å². The molecule has 1 saturated heterocycles. The van der Waals surface area contributed by atoms with Crippen LogP contribution in [0.2, 0.25) is 0 Å². The van der Waals surface area contributed by atoms with Gasteiger partial charge in [-0.1, -0.05) is 31.7 Å². The summed E-state index contributed by atoms with van der Waals surface area (Å²) in [6, 6.07) is 8.79. The van der Waals surface area contributed by atoms with Crippen LogP contribution in [-0.2, 0) is 0 Å². The molecule has 2 N–H and O–H groups in total. The maximum Gasteiger partial charge on any atom is 0.272 e. The number of methoxy groups -OCH3 is 2. The van der Waals surface area contributed by atoms with E-state index < -0.39 is 0 Å². The number of nitrogens with one attached hydrogen (secondary N) is 2. The average molecular weight is 538 g/mol. The molecule has 1 aromatic carbocycles. The van der Waals surface area contributed by atoms with Crippen LogP contribution in [0.1, 0.15) is 93.6 Å². The fraction of sp³-hybridized carbons (Fsp3) is 0.677. The van der Waals surface area contributed by atoms with E-state index in [0.29, 0.717) is 11.7 Å². The van der Waals surface area contributed by atoms with Crippen LogP contribution in [0.3, 0.4) is 0 Å². The van der Waals surface area contributed by atoms with Crippen LogP contribution in [-0.4, -0.2) is 73.1 Å². The van der Waals surface area contributed by atoms with E-state index in [4.69, 9.17) is 14.6 Å². The molecule has 2 aromatic rings. The van der Waals surface area contributed by atoms with Crippen molar-refractivity contribution in [1.82, 2.24) is 25.3 Å². The number of amides is 1. The van der Waals surface area contributed by atoms with Crippen LogP contribution in [0.4, 0.5) is 0 Å². The second-order valence-corrected chi connectivity index (χ2v) is 11.6. The van der Waals surface area contributed by atoms with Gasteiger partial charge in [0.25, 0.3) is 5.91 Å². The van der Waals surface area contributed by atoms with Gasteiger partial charge in [-0.3, -0.25) is 9.48 Å². The first kappa shape index (κ1) is 28.0. The highest BCUT2D eigenvalue weighted by atomic mass is 16.5. The maximum atomic E-state index is 13.7. The third-order valence-electron chi connectivity index (χ3n) is 8.93. The zero-order valence-corrected chi connectivity index (χ0v) is 23.9. The molecule has 1 aliphatic heterocycles. The van der Waals surface area contributed by atoms with E-state index in [1.54, 1.807) is 14.2 Å². The molecule has 3 aliphatic rings. The van der Waals surface area contributed by atoms with Crippen molar-refractivity contribution < 1.29 is 14.3 Å². The number of carbonyl (C=O) groups excluding carboxylic acids is 1. The van der Waals surface area contributed by atoms with E-state index in [9.17, 15) is 4.79 Å². The van der Waals surface area contributed by atoms with Gasteiger partial charge in [0.15, 0.2) is 5.69 Å². The molecular formula is C31H47N5O3. The van der Waals surface area contributed by atoms with Gasteiger partial charge in [-0.2, -0.15) is 5.10 Å². The fourth-order valence-corrected chi connectivity index (χ4v) is 6.37. The van der Waals surface area contributed by atoms with E-state index in [1.807, 2.05) is 24.3 Å². The van der Waals surface area contributed by atoms with Crippen LogP contribution >= 0.6 is 0 Å². The van der Waals surface area contributed by atoms with E-state index in [0.717, 1.165) is 61.5 Å². The molecule has 2 heterocycles. The monoisotopic (exact) mass is 537 g/mol. The van der Waals surface area contributed by atoms with Crippen molar-refractivity contribution in [3.05, 3.63) is 30.0 Å². The quantitative estimate of drug-likeness (QED) is 0.366. The normalized spacial score (nSPS) is 19.5. The van der Waals surface area contributed by atoms with Crippen molar-refractivity contribution in [2.75, 3.05) is 40.4 Å². The summed E-state index contributed by atoms with van der Waals surface area (Å²) in [5.41, 5.74) is 2.21. The minimum Gasteiger partial charge on any atom is -0.496 e. The third-order valence-corrected chi connectivity index (χ3v) is 8.93. The van der Waals surface area contributed by atoms with Crippen molar-refractivity contribution in [2.45, 2.75) is 95.2 Å². The zero-order chi connectivity index (χ0) is 27.0. The molecule has 1 aromatic heterocycles. The van der Waals surface area contributed by atoms with Crippen molar-refractivity contribution in [2.24, 2.45) is 0 Å². The van der Waals surface area contributed by atoms with Crippen molar-refractivity contribution >= 4 is 5.91 Å². The van der Waals surface area contributed by atoms with E-state index in [1.165, 1.54) is 64.5 Å². The number of piperidine rings is 1. The lowest BCUT2D eigenvalue weighted by Gasteiger charge is -2.30. The maximum absolute atomic E-state index is 13.7. The predicted molar refractivity (Wildman–Crippen MR) is 155 cm³/mol. The molecule has 0 bridgehead atoms. The lowest BCUT2D eigenvalue weighted by Crippen LogP contribution is -2.43.